The van der Waals surface area contributed by atoms with Gasteiger partial charge >= 0.3 is 0 Å². The third-order valence-electron chi connectivity index (χ3n) is 5.70. The van der Waals surface area contributed by atoms with Gasteiger partial charge in [-0.25, -0.2) is 0 Å². The lowest BCUT2D eigenvalue weighted by atomic mass is 9.86. The van der Waals surface area contributed by atoms with Gasteiger partial charge in [-0.3, -0.25) is 9.69 Å². The fourth-order valence-electron chi connectivity index (χ4n) is 4.09. The molecule has 0 radical (unpaired) electrons. The van der Waals surface area contributed by atoms with Gasteiger partial charge in [0.05, 0.1) is 6.54 Å². The van der Waals surface area contributed by atoms with Crippen molar-refractivity contribution in [2.75, 3.05) is 26.2 Å². The quantitative estimate of drug-likeness (QED) is 0.654. The van der Waals surface area contributed by atoms with Gasteiger partial charge in [0.1, 0.15) is 12.4 Å². The Bertz CT molecular complexity index is 824. The van der Waals surface area contributed by atoms with Crippen LogP contribution in [0.5, 0.6) is 5.75 Å². The van der Waals surface area contributed by atoms with E-state index in [4.69, 9.17) is 4.74 Å². The molecule has 1 amide bonds. The van der Waals surface area contributed by atoms with Gasteiger partial charge < -0.3 is 10.1 Å². The SMILES string of the molecule is C[C@@H]1CCCN(Cc2ccc(C(=O)NCCOc3ccccc3C(C)(C)C)cc2)C1. The molecular weight excluding hydrogens is 372 g/mol. The summed E-state index contributed by atoms with van der Waals surface area (Å²) in [4.78, 5) is 15.0. The Morgan fingerprint density at radius 3 is 2.57 bits per heavy atom. The number of carbonyl (C=O) groups excluding carboxylic acids is 1. The number of nitrogens with zero attached hydrogens (tertiary/aromatic N) is 1. The first kappa shape index (κ1) is 22.4. The number of carbonyl (C=O) groups is 1. The third kappa shape index (κ3) is 6.33. The summed E-state index contributed by atoms with van der Waals surface area (Å²) in [5.74, 6) is 1.61. The van der Waals surface area contributed by atoms with Crippen molar-refractivity contribution in [2.24, 2.45) is 5.92 Å². The largest absolute Gasteiger partial charge is 0.491 e. The lowest BCUT2D eigenvalue weighted by molar-refractivity contribution is 0.0946. The van der Waals surface area contributed by atoms with Crippen LogP contribution in [0, 0.1) is 5.92 Å². The van der Waals surface area contributed by atoms with Crippen molar-refractivity contribution in [3.8, 4) is 5.75 Å². The number of hydrogen-bond donors (Lipinski definition) is 1. The number of nitrogens with one attached hydrogen (secondary N) is 1. The summed E-state index contributed by atoms with van der Waals surface area (Å²) in [6, 6.07) is 16.1. The Hall–Kier alpha value is -2.33. The van der Waals surface area contributed by atoms with E-state index in [1.165, 1.54) is 37.1 Å². The van der Waals surface area contributed by atoms with Crippen molar-refractivity contribution < 1.29 is 9.53 Å². The molecule has 162 valence electrons. The van der Waals surface area contributed by atoms with Crippen LogP contribution in [0.25, 0.3) is 0 Å². The second-order valence-corrected chi connectivity index (χ2v) is 9.53. The predicted molar refractivity (Wildman–Crippen MR) is 123 cm³/mol. The molecule has 1 saturated heterocycles. The van der Waals surface area contributed by atoms with E-state index in [0.29, 0.717) is 18.7 Å². The first-order chi connectivity index (χ1) is 14.3. The van der Waals surface area contributed by atoms with E-state index < -0.39 is 0 Å². The zero-order valence-corrected chi connectivity index (χ0v) is 18.9. The minimum atomic E-state index is -0.0548. The van der Waals surface area contributed by atoms with Gasteiger partial charge in [-0.1, -0.05) is 58.0 Å². The Labute approximate surface area is 181 Å². The van der Waals surface area contributed by atoms with E-state index in [1.54, 1.807) is 0 Å². The molecule has 0 unspecified atom stereocenters. The zero-order valence-electron chi connectivity index (χ0n) is 18.9. The van der Waals surface area contributed by atoms with Crippen molar-refractivity contribution in [2.45, 2.75) is 52.5 Å². The minimum Gasteiger partial charge on any atom is -0.491 e. The lowest BCUT2D eigenvalue weighted by Gasteiger charge is -2.30. The van der Waals surface area contributed by atoms with Crippen LogP contribution >= 0.6 is 0 Å². The number of amides is 1. The van der Waals surface area contributed by atoms with Crippen molar-refractivity contribution >= 4 is 5.91 Å². The van der Waals surface area contributed by atoms with E-state index in [0.717, 1.165) is 18.2 Å². The molecular formula is C26H36N2O2. The number of para-hydroxylation sites is 1. The number of ether oxygens (including phenoxy) is 1. The summed E-state index contributed by atoms with van der Waals surface area (Å²) in [5.41, 5.74) is 3.16. The normalized spacial score (nSPS) is 17.5. The molecule has 1 atom stereocenters. The average molecular weight is 409 g/mol. The lowest BCUT2D eigenvalue weighted by Crippen LogP contribution is -2.33. The predicted octanol–water partition coefficient (Wildman–Crippen LogP) is 5.02. The van der Waals surface area contributed by atoms with E-state index in [1.807, 2.05) is 30.3 Å². The van der Waals surface area contributed by atoms with Crippen LogP contribution in [-0.4, -0.2) is 37.0 Å². The van der Waals surface area contributed by atoms with Crippen LogP contribution in [0.2, 0.25) is 0 Å². The molecule has 2 aromatic carbocycles. The first-order valence-electron chi connectivity index (χ1n) is 11.1. The molecule has 0 aromatic heterocycles. The fourth-order valence-corrected chi connectivity index (χ4v) is 4.09. The van der Waals surface area contributed by atoms with Gasteiger partial charge in [-0.15, -0.1) is 0 Å². The Morgan fingerprint density at radius 2 is 1.87 bits per heavy atom. The topological polar surface area (TPSA) is 41.6 Å². The van der Waals surface area contributed by atoms with Crippen molar-refractivity contribution in [1.29, 1.82) is 0 Å². The summed E-state index contributed by atoms with van der Waals surface area (Å²) in [6.07, 6.45) is 2.62. The Morgan fingerprint density at radius 1 is 1.13 bits per heavy atom. The monoisotopic (exact) mass is 408 g/mol. The highest BCUT2D eigenvalue weighted by molar-refractivity contribution is 5.94. The van der Waals surface area contributed by atoms with Crippen LogP contribution in [-0.2, 0) is 12.0 Å². The van der Waals surface area contributed by atoms with Gasteiger partial charge in [0.2, 0.25) is 0 Å². The number of rotatable bonds is 7. The van der Waals surface area contributed by atoms with E-state index >= 15 is 0 Å². The molecule has 4 nitrogen and oxygen atoms in total. The molecule has 1 fully saturated rings. The van der Waals surface area contributed by atoms with Crippen LogP contribution < -0.4 is 10.1 Å². The Kier molecular flexibility index (Phi) is 7.54. The number of likely N-dealkylation sites (tertiary alicyclic amines) is 1. The third-order valence-corrected chi connectivity index (χ3v) is 5.70. The van der Waals surface area contributed by atoms with Gasteiger partial charge in [-0.2, -0.15) is 0 Å². The number of benzene rings is 2. The summed E-state index contributed by atoms with van der Waals surface area (Å²) >= 11 is 0. The maximum atomic E-state index is 12.4. The molecule has 4 heteroatoms. The molecule has 0 aliphatic carbocycles. The first-order valence-corrected chi connectivity index (χ1v) is 11.1. The minimum absolute atomic E-state index is 0.0217. The average Bonchev–Trinajstić information content (AvgIpc) is 2.71. The van der Waals surface area contributed by atoms with Crippen LogP contribution in [0.4, 0.5) is 0 Å². The summed E-state index contributed by atoms with van der Waals surface area (Å²) < 4.78 is 5.94. The summed E-state index contributed by atoms with van der Waals surface area (Å²) in [5, 5.41) is 2.96. The second kappa shape index (κ2) is 10.1. The van der Waals surface area contributed by atoms with Crippen LogP contribution in [0.1, 0.15) is 62.0 Å². The van der Waals surface area contributed by atoms with Crippen molar-refractivity contribution in [1.82, 2.24) is 10.2 Å². The van der Waals surface area contributed by atoms with Gasteiger partial charge in [-0.05, 0) is 60.0 Å². The smallest absolute Gasteiger partial charge is 0.251 e. The molecule has 2 aromatic rings. The second-order valence-electron chi connectivity index (χ2n) is 9.53. The molecule has 0 spiro atoms. The zero-order chi connectivity index (χ0) is 21.6. The highest BCUT2D eigenvalue weighted by Crippen LogP contribution is 2.30. The molecule has 30 heavy (non-hydrogen) atoms. The summed E-state index contributed by atoms with van der Waals surface area (Å²) in [7, 11) is 0. The van der Waals surface area contributed by atoms with Crippen LogP contribution in [0.15, 0.2) is 48.5 Å². The van der Waals surface area contributed by atoms with E-state index in [2.05, 4.69) is 56.1 Å². The highest BCUT2D eigenvalue weighted by atomic mass is 16.5. The van der Waals surface area contributed by atoms with E-state index in [9.17, 15) is 4.79 Å². The molecule has 1 aliphatic heterocycles. The van der Waals surface area contributed by atoms with Gasteiger partial charge in [0, 0.05) is 18.7 Å². The standard InChI is InChI=1S/C26H36N2O2/c1-20-8-7-16-28(18-20)19-21-11-13-22(14-12-21)25(29)27-15-17-30-24-10-6-5-9-23(24)26(2,3)4/h5-6,9-14,20H,7-8,15-19H2,1-4H3,(H,27,29)/t20-/m1/s1. The summed E-state index contributed by atoms with van der Waals surface area (Å²) in [6.45, 7) is 13.1. The molecule has 1 N–H and O–H groups in total. The fraction of sp³-hybridized carbons (Fsp3) is 0.500. The number of piperidine rings is 1. The maximum absolute atomic E-state index is 12.4. The van der Waals surface area contributed by atoms with Crippen molar-refractivity contribution in [3.63, 3.8) is 0 Å². The molecule has 1 heterocycles. The van der Waals surface area contributed by atoms with Gasteiger partial charge in [0.15, 0.2) is 0 Å². The molecule has 3 rings (SSSR count). The highest BCUT2D eigenvalue weighted by Gasteiger charge is 2.18. The molecule has 0 saturated carbocycles. The molecule has 1 aliphatic rings. The number of hydrogen-bond acceptors (Lipinski definition) is 3. The molecule has 0 bridgehead atoms. The Balaban J connectivity index is 1.45. The van der Waals surface area contributed by atoms with Gasteiger partial charge in [0.25, 0.3) is 5.91 Å². The van der Waals surface area contributed by atoms with E-state index in [-0.39, 0.29) is 11.3 Å². The maximum Gasteiger partial charge on any atom is 0.251 e. The van der Waals surface area contributed by atoms with Crippen molar-refractivity contribution in [3.05, 3.63) is 65.2 Å². The van der Waals surface area contributed by atoms with Crippen LogP contribution in [0.3, 0.4) is 0 Å².